The summed E-state index contributed by atoms with van der Waals surface area (Å²) in [7, 11) is 0. The fourth-order valence-electron chi connectivity index (χ4n) is 1.43. The molecule has 0 fully saturated rings. The summed E-state index contributed by atoms with van der Waals surface area (Å²) in [6, 6.07) is 3.80. The summed E-state index contributed by atoms with van der Waals surface area (Å²) in [5, 5.41) is 7.63. The second-order valence-electron chi connectivity index (χ2n) is 3.69. The lowest BCUT2D eigenvalue weighted by molar-refractivity contribution is -0.122. The summed E-state index contributed by atoms with van der Waals surface area (Å²) >= 11 is 5.89. The van der Waals surface area contributed by atoms with E-state index in [9.17, 15) is 0 Å². The Morgan fingerprint density at radius 3 is 2.76 bits per heavy atom. The van der Waals surface area contributed by atoms with Crippen LogP contribution in [-0.4, -0.2) is 21.0 Å². The number of aromatic nitrogens is 2. The predicted octanol–water partition coefficient (Wildman–Crippen LogP) is 3.20. The molecule has 2 heterocycles. The molecular weight excluding hydrogens is 240 g/mol. The van der Waals surface area contributed by atoms with Gasteiger partial charge in [-0.15, -0.1) is 0 Å². The number of pyridine rings is 1. The van der Waals surface area contributed by atoms with Gasteiger partial charge in [0, 0.05) is 12.4 Å². The molecule has 0 aliphatic carbocycles. The Kier molecular flexibility index (Phi) is 4.97. The van der Waals surface area contributed by atoms with Gasteiger partial charge in [0.1, 0.15) is 5.65 Å². The van der Waals surface area contributed by atoms with Crippen LogP contribution in [0.1, 0.15) is 31.9 Å². The van der Waals surface area contributed by atoms with Crippen LogP contribution >= 0.6 is 11.6 Å². The fraction of sp³-hybridized carbons (Fsp3) is 0.333. The molecule has 2 aromatic heterocycles. The first kappa shape index (κ1) is 13.5. The highest BCUT2D eigenvalue weighted by molar-refractivity contribution is 6.30. The summed E-state index contributed by atoms with van der Waals surface area (Å²) in [6.45, 7) is 4.10. The minimum absolute atomic E-state index is 0.250. The quantitative estimate of drug-likeness (QED) is 0.838. The molecule has 0 saturated heterocycles. The zero-order chi connectivity index (χ0) is 12.8. The van der Waals surface area contributed by atoms with Crippen LogP contribution in [0, 0.1) is 0 Å². The van der Waals surface area contributed by atoms with Gasteiger partial charge in [0.25, 0.3) is 6.47 Å². The Hall–Kier alpha value is -1.55. The lowest BCUT2D eigenvalue weighted by Crippen LogP contribution is -1.89. The monoisotopic (exact) mass is 254 g/mol. The molecule has 1 unspecified atom stereocenters. The highest BCUT2D eigenvalue weighted by atomic mass is 35.5. The summed E-state index contributed by atoms with van der Waals surface area (Å²) in [5.41, 5.74) is 2.10. The number of hydrogen-bond acceptors (Lipinski definition) is 2. The molecule has 0 amide bonds. The molecule has 0 aromatic carbocycles. The van der Waals surface area contributed by atoms with E-state index < -0.39 is 0 Å². The van der Waals surface area contributed by atoms with E-state index in [1.807, 2.05) is 22.7 Å². The molecule has 17 heavy (non-hydrogen) atoms. The maximum absolute atomic E-state index is 8.36. The number of nitrogens with zero attached hydrogens (tertiary/aromatic N) is 2. The molecule has 0 saturated carbocycles. The van der Waals surface area contributed by atoms with Crippen LogP contribution in [0.5, 0.6) is 0 Å². The van der Waals surface area contributed by atoms with Crippen molar-refractivity contribution in [3.8, 4) is 0 Å². The molecule has 1 atom stereocenters. The Morgan fingerprint density at radius 2 is 2.18 bits per heavy atom. The average Bonchev–Trinajstić information content (AvgIpc) is 2.71. The number of imidazole rings is 1. The first-order valence-electron chi connectivity index (χ1n) is 5.34. The average molecular weight is 255 g/mol. The van der Waals surface area contributed by atoms with E-state index in [1.54, 1.807) is 0 Å². The first-order valence-corrected chi connectivity index (χ1v) is 5.72. The van der Waals surface area contributed by atoms with Crippen molar-refractivity contribution in [2.75, 3.05) is 0 Å². The van der Waals surface area contributed by atoms with Crippen molar-refractivity contribution < 1.29 is 9.90 Å². The maximum Gasteiger partial charge on any atom is 0.290 e. The fourth-order valence-corrected chi connectivity index (χ4v) is 1.60. The molecular formula is C12H15ClN2O2. The number of fused-ring (bicyclic) bond motifs is 1. The third-order valence-corrected chi connectivity index (χ3v) is 2.77. The van der Waals surface area contributed by atoms with E-state index in [4.69, 9.17) is 21.5 Å². The lowest BCUT2D eigenvalue weighted by Gasteiger charge is -2.01. The topological polar surface area (TPSA) is 54.6 Å². The van der Waals surface area contributed by atoms with Gasteiger partial charge in [0.05, 0.1) is 10.7 Å². The standard InChI is InChI=1S/C11H13ClN2.CH2O2/c1-3-8(2)10-7-14-6-9(12)4-5-11(14)13-10;2-1-3/h4-8H,3H2,1-2H3;1H,(H,2,3). The van der Waals surface area contributed by atoms with Crippen LogP contribution in [0.2, 0.25) is 5.02 Å². The molecule has 0 radical (unpaired) electrons. The van der Waals surface area contributed by atoms with Crippen LogP contribution in [0.3, 0.4) is 0 Å². The van der Waals surface area contributed by atoms with Crippen LogP contribution < -0.4 is 0 Å². The van der Waals surface area contributed by atoms with E-state index in [1.165, 1.54) is 0 Å². The summed E-state index contributed by atoms with van der Waals surface area (Å²) in [4.78, 5) is 12.9. The van der Waals surface area contributed by atoms with Crippen LogP contribution in [0.4, 0.5) is 0 Å². The van der Waals surface area contributed by atoms with E-state index in [-0.39, 0.29) is 6.47 Å². The molecule has 2 rings (SSSR count). The zero-order valence-electron chi connectivity index (χ0n) is 9.80. The number of halogens is 1. The second-order valence-corrected chi connectivity index (χ2v) is 4.13. The van der Waals surface area contributed by atoms with Crippen molar-refractivity contribution in [3.63, 3.8) is 0 Å². The van der Waals surface area contributed by atoms with Crippen molar-refractivity contribution in [2.45, 2.75) is 26.2 Å². The predicted molar refractivity (Wildman–Crippen MR) is 67.6 cm³/mol. The van der Waals surface area contributed by atoms with Gasteiger partial charge in [-0.05, 0) is 24.5 Å². The third-order valence-electron chi connectivity index (χ3n) is 2.55. The Balaban J connectivity index is 0.000000437. The smallest absolute Gasteiger partial charge is 0.290 e. The normalized spacial score (nSPS) is 11.7. The number of hydrogen-bond donors (Lipinski definition) is 1. The van der Waals surface area contributed by atoms with Crippen molar-refractivity contribution in [1.29, 1.82) is 0 Å². The van der Waals surface area contributed by atoms with Gasteiger partial charge in [-0.2, -0.15) is 0 Å². The van der Waals surface area contributed by atoms with Gasteiger partial charge in [0.15, 0.2) is 0 Å². The van der Waals surface area contributed by atoms with Gasteiger partial charge in [-0.1, -0.05) is 25.4 Å². The van der Waals surface area contributed by atoms with Crippen molar-refractivity contribution in [1.82, 2.24) is 9.38 Å². The number of rotatable bonds is 2. The molecule has 0 aliphatic rings. The minimum Gasteiger partial charge on any atom is -0.483 e. The van der Waals surface area contributed by atoms with E-state index in [0.717, 1.165) is 22.8 Å². The van der Waals surface area contributed by atoms with Gasteiger partial charge in [-0.25, -0.2) is 4.98 Å². The molecule has 2 aromatic rings. The molecule has 0 aliphatic heterocycles. The number of carboxylic acid groups (broad SMARTS) is 1. The second kappa shape index (κ2) is 6.25. The van der Waals surface area contributed by atoms with Crippen LogP contribution in [-0.2, 0) is 4.79 Å². The van der Waals surface area contributed by atoms with Gasteiger partial charge >= 0.3 is 0 Å². The molecule has 92 valence electrons. The molecule has 0 spiro atoms. The van der Waals surface area contributed by atoms with Gasteiger partial charge < -0.3 is 9.51 Å². The van der Waals surface area contributed by atoms with Crippen LogP contribution in [0.25, 0.3) is 5.65 Å². The van der Waals surface area contributed by atoms with E-state index in [2.05, 4.69) is 25.0 Å². The third kappa shape index (κ3) is 3.46. The SMILES string of the molecule is CCC(C)c1cn2cc(Cl)ccc2n1.O=CO. The van der Waals surface area contributed by atoms with Crippen molar-refractivity contribution >= 4 is 23.7 Å². The van der Waals surface area contributed by atoms with Crippen LogP contribution in [0.15, 0.2) is 24.5 Å². The first-order chi connectivity index (χ1) is 8.12. The van der Waals surface area contributed by atoms with Crippen molar-refractivity contribution in [2.24, 2.45) is 0 Å². The Labute approximate surface area is 105 Å². The highest BCUT2D eigenvalue weighted by Crippen LogP contribution is 2.19. The van der Waals surface area contributed by atoms with E-state index >= 15 is 0 Å². The molecule has 4 nitrogen and oxygen atoms in total. The molecule has 0 bridgehead atoms. The summed E-state index contributed by atoms with van der Waals surface area (Å²) in [5.74, 6) is 0.508. The van der Waals surface area contributed by atoms with Crippen molar-refractivity contribution in [3.05, 3.63) is 35.2 Å². The molecule has 1 N–H and O–H groups in total. The van der Waals surface area contributed by atoms with Gasteiger partial charge in [0.2, 0.25) is 0 Å². The molecule has 5 heteroatoms. The summed E-state index contributed by atoms with van der Waals surface area (Å²) < 4.78 is 1.98. The lowest BCUT2D eigenvalue weighted by atomic mass is 10.1. The zero-order valence-corrected chi connectivity index (χ0v) is 10.6. The maximum atomic E-state index is 8.36. The number of carbonyl (C=O) groups is 1. The largest absolute Gasteiger partial charge is 0.483 e. The summed E-state index contributed by atoms with van der Waals surface area (Å²) in [6.07, 6.45) is 5.04. The Bertz CT molecular complexity index is 496. The van der Waals surface area contributed by atoms with Gasteiger partial charge in [-0.3, -0.25) is 4.79 Å². The van der Waals surface area contributed by atoms with E-state index in [0.29, 0.717) is 5.92 Å². The minimum atomic E-state index is -0.250. The Morgan fingerprint density at radius 1 is 1.53 bits per heavy atom. The highest BCUT2D eigenvalue weighted by Gasteiger charge is 2.07.